The average Bonchev–Trinajstić information content (AvgIpc) is 2.16. The van der Waals surface area contributed by atoms with Crippen LogP contribution in [0.5, 0.6) is 0 Å². The number of methoxy groups -OCH3 is 1. The summed E-state index contributed by atoms with van der Waals surface area (Å²) in [5.74, 6) is -1.44. The van der Waals surface area contributed by atoms with Crippen molar-refractivity contribution in [2.75, 3.05) is 7.11 Å². The number of halogens is 1. The highest BCUT2D eigenvalue weighted by Gasteiger charge is 2.12. The normalized spacial score (nSPS) is 9.80. The second-order valence-corrected chi connectivity index (χ2v) is 3.18. The van der Waals surface area contributed by atoms with Crippen molar-refractivity contribution < 1.29 is 18.7 Å². The van der Waals surface area contributed by atoms with Crippen LogP contribution in [0.2, 0.25) is 0 Å². The lowest BCUT2D eigenvalue weighted by atomic mass is 10.1. The highest BCUT2D eigenvalue weighted by molar-refractivity contribution is 5.89. The zero-order valence-corrected chi connectivity index (χ0v) is 8.54. The van der Waals surface area contributed by atoms with Crippen LogP contribution < -0.4 is 0 Å². The van der Waals surface area contributed by atoms with E-state index in [-0.39, 0.29) is 17.8 Å². The van der Waals surface area contributed by atoms with E-state index in [0.29, 0.717) is 5.56 Å². The third-order valence-electron chi connectivity index (χ3n) is 1.89. The molecule has 3 nitrogen and oxygen atoms in total. The monoisotopic (exact) mass is 210 g/mol. The summed E-state index contributed by atoms with van der Waals surface area (Å²) < 4.78 is 17.7. The summed E-state index contributed by atoms with van der Waals surface area (Å²) in [6.45, 7) is 1.42. The molecule has 1 aromatic rings. The molecule has 0 aromatic heterocycles. The first-order chi connectivity index (χ1) is 7.04. The largest absolute Gasteiger partial charge is 0.465 e. The van der Waals surface area contributed by atoms with E-state index in [1.54, 1.807) is 0 Å². The van der Waals surface area contributed by atoms with E-state index in [2.05, 4.69) is 4.74 Å². The third kappa shape index (κ3) is 2.87. The molecule has 0 N–H and O–H groups in total. The molecule has 0 atom stereocenters. The maximum Gasteiger partial charge on any atom is 0.340 e. The van der Waals surface area contributed by atoms with Gasteiger partial charge in [0.15, 0.2) is 0 Å². The Bertz CT molecular complexity index is 399. The summed E-state index contributed by atoms with van der Waals surface area (Å²) >= 11 is 0. The number of esters is 1. The van der Waals surface area contributed by atoms with Crippen LogP contribution >= 0.6 is 0 Å². The standard InChI is InChI=1S/C11H11FO3/c1-7(13)5-8-3-4-9(10(12)6-8)11(14)15-2/h3-4,6H,5H2,1-2H3. The van der Waals surface area contributed by atoms with Gasteiger partial charge in [-0.05, 0) is 24.6 Å². The Hall–Kier alpha value is -1.71. The molecule has 0 radical (unpaired) electrons. The van der Waals surface area contributed by atoms with Crippen molar-refractivity contribution in [2.24, 2.45) is 0 Å². The molecule has 0 aliphatic carbocycles. The fourth-order valence-corrected chi connectivity index (χ4v) is 1.23. The van der Waals surface area contributed by atoms with Gasteiger partial charge in [0.25, 0.3) is 0 Å². The van der Waals surface area contributed by atoms with Crippen molar-refractivity contribution in [3.8, 4) is 0 Å². The molecule has 0 saturated heterocycles. The van der Waals surface area contributed by atoms with Crippen LogP contribution in [0.25, 0.3) is 0 Å². The van der Waals surface area contributed by atoms with Gasteiger partial charge in [0.1, 0.15) is 11.6 Å². The summed E-state index contributed by atoms with van der Waals surface area (Å²) in [7, 11) is 1.19. The molecule has 0 fully saturated rings. The van der Waals surface area contributed by atoms with Crippen LogP contribution in [-0.4, -0.2) is 18.9 Å². The number of rotatable bonds is 3. The molecule has 0 spiro atoms. The Labute approximate surface area is 86.9 Å². The maximum absolute atomic E-state index is 13.3. The fourth-order valence-electron chi connectivity index (χ4n) is 1.23. The van der Waals surface area contributed by atoms with E-state index < -0.39 is 11.8 Å². The number of Topliss-reactive ketones (excluding diaryl/α,β-unsaturated/α-hetero) is 1. The van der Waals surface area contributed by atoms with Crippen molar-refractivity contribution in [3.63, 3.8) is 0 Å². The van der Waals surface area contributed by atoms with Crippen LogP contribution in [0, 0.1) is 5.82 Å². The smallest absolute Gasteiger partial charge is 0.340 e. The lowest BCUT2D eigenvalue weighted by Gasteiger charge is -2.03. The van der Waals surface area contributed by atoms with Gasteiger partial charge in [0, 0.05) is 6.42 Å². The number of hydrogen-bond donors (Lipinski definition) is 0. The van der Waals surface area contributed by atoms with Gasteiger partial charge >= 0.3 is 5.97 Å². The molecule has 0 heterocycles. The van der Waals surface area contributed by atoms with Crippen molar-refractivity contribution in [2.45, 2.75) is 13.3 Å². The lowest BCUT2D eigenvalue weighted by Crippen LogP contribution is -2.05. The van der Waals surface area contributed by atoms with Gasteiger partial charge in [0.05, 0.1) is 12.7 Å². The van der Waals surface area contributed by atoms with Gasteiger partial charge in [-0.2, -0.15) is 0 Å². The molecule has 4 heteroatoms. The molecule has 1 aromatic carbocycles. The summed E-state index contributed by atoms with van der Waals surface area (Å²) in [6, 6.07) is 4.03. The zero-order valence-electron chi connectivity index (χ0n) is 8.54. The van der Waals surface area contributed by atoms with E-state index in [4.69, 9.17) is 0 Å². The third-order valence-corrected chi connectivity index (χ3v) is 1.89. The highest BCUT2D eigenvalue weighted by Crippen LogP contribution is 2.12. The molecular formula is C11H11FO3. The SMILES string of the molecule is COC(=O)c1ccc(CC(C)=O)cc1F. The predicted molar refractivity (Wildman–Crippen MR) is 52.1 cm³/mol. The summed E-state index contributed by atoms with van der Waals surface area (Å²) in [4.78, 5) is 21.8. The van der Waals surface area contributed by atoms with Crippen LogP contribution in [0.4, 0.5) is 4.39 Å². The van der Waals surface area contributed by atoms with Crippen molar-refractivity contribution >= 4 is 11.8 Å². The Balaban J connectivity index is 2.97. The van der Waals surface area contributed by atoms with Gasteiger partial charge < -0.3 is 4.74 Å². The Morgan fingerprint density at radius 1 is 1.40 bits per heavy atom. The first-order valence-electron chi connectivity index (χ1n) is 4.40. The van der Waals surface area contributed by atoms with Gasteiger partial charge in [-0.3, -0.25) is 4.79 Å². The van der Waals surface area contributed by atoms with E-state index in [1.165, 1.54) is 32.2 Å². The quantitative estimate of drug-likeness (QED) is 0.714. The zero-order chi connectivity index (χ0) is 11.4. The summed E-state index contributed by atoms with van der Waals surface area (Å²) in [5.41, 5.74) is 0.428. The van der Waals surface area contributed by atoms with Crippen LogP contribution in [0.3, 0.4) is 0 Å². The first kappa shape index (κ1) is 11.4. The summed E-state index contributed by atoms with van der Waals surface area (Å²) in [6.07, 6.45) is 0.165. The highest BCUT2D eigenvalue weighted by atomic mass is 19.1. The van der Waals surface area contributed by atoms with E-state index in [1.807, 2.05) is 0 Å². The molecule has 0 aliphatic heterocycles. The van der Waals surface area contributed by atoms with E-state index in [0.717, 1.165) is 0 Å². The molecular weight excluding hydrogens is 199 g/mol. The second-order valence-electron chi connectivity index (χ2n) is 3.18. The minimum Gasteiger partial charge on any atom is -0.465 e. The molecule has 80 valence electrons. The topological polar surface area (TPSA) is 43.4 Å². The first-order valence-corrected chi connectivity index (χ1v) is 4.40. The molecule has 0 bridgehead atoms. The maximum atomic E-state index is 13.3. The minimum absolute atomic E-state index is 0.0554. The van der Waals surface area contributed by atoms with Gasteiger partial charge in [-0.15, -0.1) is 0 Å². The molecule has 0 saturated carbocycles. The van der Waals surface area contributed by atoms with Crippen LogP contribution in [-0.2, 0) is 16.0 Å². The van der Waals surface area contributed by atoms with Crippen molar-refractivity contribution in [1.29, 1.82) is 0 Å². The Kier molecular flexibility index (Phi) is 3.55. The number of ether oxygens (including phenoxy) is 1. The average molecular weight is 210 g/mol. The summed E-state index contributed by atoms with van der Waals surface area (Å²) in [5, 5.41) is 0. The number of carbonyl (C=O) groups is 2. The van der Waals surface area contributed by atoms with Gasteiger partial charge in [0.2, 0.25) is 0 Å². The van der Waals surface area contributed by atoms with Crippen molar-refractivity contribution in [1.82, 2.24) is 0 Å². The van der Waals surface area contributed by atoms with E-state index >= 15 is 0 Å². The van der Waals surface area contributed by atoms with Crippen LogP contribution in [0.1, 0.15) is 22.8 Å². The minimum atomic E-state index is -0.720. The molecule has 0 amide bonds. The molecule has 1 rings (SSSR count). The fraction of sp³-hybridized carbons (Fsp3) is 0.273. The molecule has 15 heavy (non-hydrogen) atoms. The molecule has 0 aliphatic rings. The van der Waals surface area contributed by atoms with Crippen molar-refractivity contribution in [3.05, 3.63) is 35.1 Å². The molecule has 0 unspecified atom stereocenters. The number of hydrogen-bond acceptors (Lipinski definition) is 3. The van der Waals surface area contributed by atoms with E-state index in [9.17, 15) is 14.0 Å². The van der Waals surface area contributed by atoms with Crippen LogP contribution in [0.15, 0.2) is 18.2 Å². The number of carbonyl (C=O) groups excluding carboxylic acids is 2. The number of ketones is 1. The second kappa shape index (κ2) is 4.68. The lowest BCUT2D eigenvalue weighted by molar-refractivity contribution is -0.116. The Morgan fingerprint density at radius 3 is 2.53 bits per heavy atom. The predicted octanol–water partition coefficient (Wildman–Crippen LogP) is 1.74. The Morgan fingerprint density at radius 2 is 2.07 bits per heavy atom. The van der Waals surface area contributed by atoms with Gasteiger partial charge in [-0.1, -0.05) is 6.07 Å². The van der Waals surface area contributed by atoms with Gasteiger partial charge in [-0.25, -0.2) is 9.18 Å². The number of benzene rings is 1.